The lowest BCUT2D eigenvalue weighted by molar-refractivity contribution is -0.122. The molecule has 1 aliphatic heterocycles. The minimum absolute atomic E-state index is 0.0999. The van der Waals surface area contributed by atoms with E-state index < -0.39 is 0 Å². The van der Waals surface area contributed by atoms with E-state index in [1.165, 1.54) is 5.69 Å². The molecule has 6 nitrogen and oxygen atoms in total. The Morgan fingerprint density at radius 1 is 1.20 bits per heavy atom. The average molecular weight is 348 g/mol. The molecular formula is C19H32N4O2. The Kier molecular flexibility index (Phi) is 8.72. The summed E-state index contributed by atoms with van der Waals surface area (Å²) in [5.74, 6) is 0.0999. The normalized spacial score (nSPS) is 15.6. The monoisotopic (exact) mass is 348 g/mol. The average Bonchev–Trinajstić information content (AvgIpc) is 2.63. The van der Waals surface area contributed by atoms with Crippen LogP contribution in [0.4, 0.5) is 5.69 Å². The third kappa shape index (κ3) is 7.42. The molecule has 0 radical (unpaired) electrons. The van der Waals surface area contributed by atoms with Gasteiger partial charge in [-0.05, 0) is 25.6 Å². The number of likely N-dealkylation sites (N-methyl/N-ethyl adjacent to an activating group) is 1. The first-order valence-corrected chi connectivity index (χ1v) is 9.15. The number of piperazine rings is 1. The highest BCUT2D eigenvalue weighted by molar-refractivity contribution is 5.77. The number of para-hydroxylation sites is 1. The molecule has 0 atom stereocenters. The van der Waals surface area contributed by atoms with Crippen LogP contribution in [0.5, 0.6) is 0 Å². The van der Waals surface area contributed by atoms with Gasteiger partial charge in [0.25, 0.3) is 0 Å². The van der Waals surface area contributed by atoms with Gasteiger partial charge in [-0.1, -0.05) is 18.2 Å². The number of hydrogen-bond donors (Lipinski definition) is 1. The Labute approximate surface area is 151 Å². The molecule has 0 bridgehead atoms. The van der Waals surface area contributed by atoms with Crippen molar-refractivity contribution in [2.45, 2.75) is 6.42 Å². The number of hydrogen-bond acceptors (Lipinski definition) is 5. The number of anilines is 1. The van der Waals surface area contributed by atoms with Gasteiger partial charge in [-0.3, -0.25) is 14.6 Å². The number of amides is 1. The van der Waals surface area contributed by atoms with Crippen LogP contribution in [0.25, 0.3) is 0 Å². The molecule has 1 amide bonds. The molecule has 0 unspecified atom stereocenters. The van der Waals surface area contributed by atoms with Crippen LogP contribution >= 0.6 is 0 Å². The zero-order valence-electron chi connectivity index (χ0n) is 15.6. The molecule has 1 aromatic rings. The van der Waals surface area contributed by atoms with E-state index in [1.54, 1.807) is 7.11 Å². The summed E-state index contributed by atoms with van der Waals surface area (Å²) in [5, 5.41) is 3.03. The van der Waals surface area contributed by atoms with Crippen LogP contribution in [-0.2, 0) is 9.53 Å². The number of carbonyl (C=O) groups excluding carboxylic acids is 1. The Bertz CT molecular complexity index is 489. The minimum atomic E-state index is 0.0999. The van der Waals surface area contributed by atoms with Gasteiger partial charge >= 0.3 is 0 Å². The van der Waals surface area contributed by atoms with Crippen molar-refractivity contribution in [3.63, 3.8) is 0 Å². The van der Waals surface area contributed by atoms with Gasteiger partial charge in [-0.15, -0.1) is 0 Å². The van der Waals surface area contributed by atoms with Crippen molar-refractivity contribution in [3.05, 3.63) is 30.3 Å². The van der Waals surface area contributed by atoms with E-state index in [1.807, 2.05) is 11.9 Å². The molecular weight excluding hydrogens is 316 g/mol. The van der Waals surface area contributed by atoms with Crippen LogP contribution in [-0.4, -0.2) is 88.8 Å². The molecule has 6 heteroatoms. The van der Waals surface area contributed by atoms with Crippen LogP contribution in [0.3, 0.4) is 0 Å². The van der Waals surface area contributed by atoms with E-state index in [0.29, 0.717) is 6.54 Å². The van der Waals surface area contributed by atoms with Gasteiger partial charge in [-0.2, -0.15) is 0 Å². The fourth-order valence-corrected chi connectivity index (χ4v) is 3.08. The lowest BCUT2D eigenvalue weighted by Crippen LogP contribution is -2.49. The first kappa shape index (κ1) is 19.7. The van der Waals surface area contributed by atoms with Crippen LogP contribution in [0.2, 0.25) is 0 Å². The molecule has 0 aliphatic carbocycles. The SMILES string of the molecule is COCCCN(C)CC(=O)NCCN1CCN(c2ccccc2)CC1. The Morgan fingerprint density at radius 2 is 1.92 bits per heavy atom. The molecule has 1 saturated heterocycles. The van der Waals surface area contributed by atoms with E-state index in [0.717, 1.165) is 58.8 Å². The zero-order valence-corrected chi connectivity index (χ0v) is 15.6. The van der Waals surface area contributed by atoms with Gasteiger partial charge in [0.2, 0.25) is 5.91 Å². The summed E-state index contributed by atoms with van der Waals surface area (Å²) in [7, 11) is 3.67. The molecule has 140 valence electrons. The second-order valence-electron chi connectivity index (χ2n) is 6.60. The van der Waals surface area contributed by atoms with Crippen molar-refractivity contribution >= 4 is 11.6 Å². The zero-order chi connectivity index (χ0) is 17.9. The second kappa shape index (κ2) is 11.1. The van der Waals surface area contributed by atoms with Gasteiger partial charge in [-0.25, -0.2) is 0 Å². The van der Waals surface area contributed by atoms with Crippen LogP contribution in [0.15, 0.2) is 30.3 Å². The van der Waals surface area contributed by atoms with Crippen molar-refractivity contribution in [1.29, 1.82) is 0 Å². The summed E-state index contributed by atoms with van der Waals surface area (Å²) < 4.78 is 5.03. The highest BCUT2D eigenvalue weighted by atomic mass is 16.5. The molecule has 2 rings (SSSR count). The van der Waals surface area contributed by atoms with Gasteiger partial charge in [0.15, 0.2) is 0 Å². The van der Waals surface area contributed by atoms with Gasteiger partial charge < -0.3 is 15.0 Å². The first-order valence-electron chi connectivity index (χ1n) is 9.15. The molecule has 25 heavy (non-hydrogen) atoms. The number of benzene rings is 1. The number of nitrogens with one attached hydrogen (secondary N) is 1. The van der Waals surface area contributed by atoms with Gasteiger partial charge in [0.05, 0.1) is 6.54 Å². The number of methoxy groups -OCH3 is 1. The third-order valence-electron chi connectivity index (χ3n) is 4.55. The maximum atomic E-state index is 12.0. The van der Waals surface area contributed by atoms with E-state index in [9.17, 15) is 4.79 Å². The van der Waals surface area contributed by atoms with Crippen LogP contribution in [0, 0.1) is 0 Å². The fraction of sp³-hybridized carbons (Fsp3) is 0.632. The Morgan fingerprint density at radius 3 is 2.60 bits per heavy atom. The highest BCUT2D eigenvalue weighted by Gasteiger charge is 2.16. The molecule has 0 spiro atoms. The molecule has 1 heterocycles. The van der Waals surface area contributed by atoms with Crippen molar-refractivity contribution in [2.24, 2.45) is 0 Å². The third-order valence-corrected chi connectivity index (χ3v) is 4.55. The molecule has 1 aliphatic rings. The topological polar surface area (TPSA) is 48.1 Å². The Hall–Kier alpha value is -1.63. The summed E-state index contributed by atoms with van der Waals surface area (Å²) in [5.41, 5.74) is 1.30. The van der Waals surface area contributed by atoms with E-state index in [-0.39, 0.29) is 5.91 Å². The molecule has 1 N–H and O–H groups in total. The van der Waals surface area contributed by atoms with Crippen molar-refractivity contribution in [2.75, 3.05) is 78.0 Å². The first-order chi connectivity index (χ1) is 12.2. The highest BCUT2D eigenvalue weighted by Crippen LogP contribution is 2.15. The van der Waals surface area contributed by atoms with Gasteiger partial charge in [0, 0.05) is 65.2 Å². The van der Waals surface area contributed by atoms with Crippen molar-refractivity contribution in [3.8, 4) is 0 Å². The molecule has 1 fully saturated rings. The van der Waals surface area contributed by atoms with E-state index >= 15 is 0 Å². The number of ether oxygens (including phenoxy) is 1. The maximum Gasteiger partial charge on any atom is 0.234 e. The Balaban J connectivity index is 1.56. The standard InChI is InChI=1S/C19H32N4O2/c1-21(10-6-16-25-2)17-19(24)20-9-11-22-12-14-23(15-13-22)18-7-4-3-5-8-18/h3-5,7-8H,6,9-17H2,1-2H3,(H,20,24). The molecule has 1 aromatic carbocycles. The molecule has 0 aromatic heterocycles. The second-order valence-corrected chi connectivity index (χ2v) is 6.60. The number of rotatable bonds is 10. The largest absolute Gasteiger partial charge is 0.385 e. The summed E-state index contributed by atoms with van der Waals surface area (Å²) in [6.45, 7) is 7.87. The summed E-state index contributed by atoms with van der Waals surface area (Å²) in [4.78, 5) is 18.8. The van der Waals surface area contributed by atoms with Gasteiger partial charge in [0.1, 0.15) is 0 Å². The predicted molar refractivity (Wildman–Crippen MR) is 102 cm³/mol. The summed E-state index contributed by atoms with van der Waals surface area (Å²) in [6.07, 6.45) is 0.950. The smallest absolute Gasteiger partial charge is 0.234 e. The lowest BCUT2D eigenvalue weighted by Gasteiger charge is -2.36. The van der Waals surface area contributed by atoms with Crippen LogP contribution < -0.4 is 10.2 Å². The van der Waals surface area contributed by atoms with Crippen molar-refractivity contribution < 1.29 is 9.53 Å². The van der Waals surface area contributed by atoms with Crippen LogP contribution in [0.1, 0.15) is 6.42 Å². The quantitative estimate of drug-likeness (QED) is 0.637. The number of nitrogens with zero attached hydrogens (tertiary/aromatic N) is 3. The number of carbonyl (C=O) groups is 1. The van der Waals surface area contributed by atoms with Crippen molar-refractivity contribution in [1.82, 2.24) is 15.1 Å². The minimum Gasteiger partial charge on any atom is -0.385 e. The van der Waals surface area contributed by atoms with E-state index in [2.05, 4.69) is 45.4 Å². The van der Waals surface area contributed by atoms with E-state index in [4.69, 9.17) is 4.74 Å². The summed E-state index contributed by atoms with van der Waals surface area (Å²) in [6, 6.07) is 10.6. The lowest BCUT2D eigenvalue weighted by atomic mass is 10.2. The fourth-order valence-electron chi connectivity index (χ4n) is 3.08. The maximum absolute atomic E-state index is 12.0. The summed E-state index contributed by atoms with van der Waals surface area (Å²) >= 11 is 0. The molecule has 0 saturated carbocycles. The predicted octanol–water partition coefficient (Wildman–Crippen LogP) is 0.893.